The van der Waals surface area contributed by atoms with E-state index < -0.39 is 23.9 Å². The Kier molecular flexibility index (Phi) is 5.92. The SMILES string of the molecule is Cc1ccc(C)c(N2C(=O)c3ccc(C(=O)OC(C)C(=O)N4CCCc5ccccc54)cc3C2=O)c1. The van der Waals surface area contributed by atoms with Gasteiger partial charge in [-0.2, -0.15) is 0 Å². The predicted molar refractivity (Wildman–Crippen MR) is 135 cm³/mol. The standard InChI is InChI=1S/C29H26N2O5/c1-17-10-11-18(2)25(15-17)31-27(33)22-13-12-21(16-23(22)28(31)34)29(35)36-19(3)26(32)30-14-6-8-20-7-4-5-9-24(20)30/h4-5,7,9-13,15-16,19H,6,8,14H2,1-3H3. The molecule has 0 spiro atoms. The fourth-order valence-corrected chi connectivity index (χ4v) is 4.81. The molecule has 1 unspecified atom stereocenters. The molecule has 2 aliphatic heterocycles. The van der Waals surface area contributed by atoms with E-state index in [1.165, 1.54) is 18.2 Å². The van der Waals surface area contributed by atoms with Crippen LogP contribution in [0.1, 0.15) is 61.1 Å². The van der Waals surface area contributed by atoms with Gasteiger partial charge in [0.15, 0.2) is 6.10 Å². The first-order chi connectivity index (χ1) is 17.3. The largest absolute Gasteiger partial charge is 0.449 e. The van der Waals surface area contributed by atoms with Crippen LogP contribution >= 0.6 is 0 Å². The predicted octanol–water partition coefficient (Wildman–Crippen LogP) is 4.63. The third kappa shape index (κ3) is 3.96. The zero-order chi connectivity index (χ0) is 25.6. The first-order valence-corrected chi connectivity index (χ1v) is 12.0. The number of amides is 3. The third-order valence-corrected chi connectivity index (χ3v) is 6.74. The molecule has 36 heavy (non-hydrogen) atoms. The van der Waals surface area contributed by atoms with E-state index in [0.29, 0.717) is 12.2 Å². The Morgan fingerprint density at radius 2 is 1.64 bits per heavy atom. The highest BCUT2D eigenvalue weighted by Gasteiger charge is 2.38. The van der Waals surface area contributed by atoms with Gasteiger partial charge in [0.05, 0.1) is 22.4 Å². The van der Waals surface area contributed by atoms with Crippen LogP contribution in [0.5, 0.6) is 0 Å². The summed E-state index contributed by atoms with van der Waals surface area (Å²) in [6.07, 6.45) is 0.719. The molecular formula is C29H26N2O5. The molecule has 0 N–H and O–H groups in total. The van der Waals surface area contributed by atoms with E-state index in [2.05, 4.69) is 0 Å². The Morgan fingerprint density at radius 1 is 0.889 bits per heavy atom. The summed E-state index contributed by atoms with van der Waals surface area (Å²) >= 11 is 0. The van der Waals surface area contributed by atoms with Crippen LogP contribution in [0.25, 0.3) is 0 Å². The zero-order valence-corrected chi connectivity index (χ0v) is 20.4. The second-order valence-corrected chi connectivity index (χ2v) is 9.27. The van der Waals surface area contributed by atoms with Gasteiger partial charge >= 0.3 is 5.97 Å². The second kappa shape index (κ2) is 9.07. The minimum Gasteiger partial charge on any atom is -0.449 e. The second-order valence-electron chi connectivity index (χ2n) is 9.27. The van der Waals surface area contributed by atoms with Crippen molar-refractivity contribution in [2.24, 2.45) is 0 Å². The maximum absolute atomic E-state index is 13.2. The van der Waals surface area contributed by atoms with Crippen molar-refractivity contribution < 1.29 is 23.9 Å². The van der Waals surface area contributed by atoms with Crippen molar-refractivity contribution in [3.63, 3.8) is 0 Å². The zero-order valence-electron chi connectivity index (χ0n) is 20.4. The van der Waals surface area contributed by atoms with Crippen LogP contribution in [0.15, 0.2) is 60.7 Å². The number of rotatable bonds is 4. The van der Waals surface area contributed by atoms with Gasteiger partial charge < -0.3 is 9.64 Å². The molecule has 0 bridgehead atoms. The quantitative estimate of drug-likeness (QED) is 0.400. The molecule has 182 valence electrons. The van der Waals surface area contributed by atoms with Gasteiger partial charge in [0, 0.05) is 12.2 Å². The van der Waals surface area contributed by atoms with Crippen molar-refractivity contribution >= 4 is 35.1 Å². The summed E-state index contributed by atoms with van der Waals surface area (Å²) < 4.78 is 5.49. The number of aryl methyl sites for hydroxylation is 3. The van der Waals surface area contributed by atoms with E-state index in [0.717, 1.165) is 40.1 Å². The Balaban J connectivity index is 1.35. The van der Waals surface area contributed by atoms with Gasteiger partial charge in [-0.05, 0) is 80.6 Å². The summed E-state index contributed by atoms with van der Waals surface area (Å²) in [7, 11) is 0. The highest BCUT2D eigenvalue weighted by Crippen LogP contribution is 2.32. The Labute approximate surface area is 209 Å². The van der Waals surface area contributed by atoms with E-state index >= 15 is 0 Å². The number of nitrogens with zero attached hydrogens (tertiary/aromatic N) is 2. The van der Waals surface area contributed by atoms with Gasteiger partial charge in [-0.1, -0.05) is 30.3 Å². The highest BCUT2D eigenvalue weighted by atomic mass is 16.5. The van der Waals surface area contributed by atoms with E-state index in [1.807, 2.05) is 50.2 Å². The van der Waals surface area contributed by atoms with Crippen LogP contribution in [0, 0.1) is 13.8 Å². The summed E-state index contributed by atoms with van der Waals surface area (Å²) in [6.45, 7) is 5.82. The van der Waals surface area contributed by atoms with E-state index in [-0.39, 0.29) is 22.6 Å². The average Bonchev–Trinajstić information content (AvgIpc) is 3.13. The molecule has 0 fully saturated rings. The van der Waals surface area contributed by atoms with Crippen molar-refractivity contribution in [3.05, 3.63) is 94.0 Å². The molecule has 3 amide bonds. The van der Waals surface area contributed by atoms with Gasteiger partial charge in [0.25, 0.3) is 17.7 Å². The van der Waals surface area contributed by atoms with Crippen molar-refractivity contribution in [1.82, 2.24) is 0 Å². The van der Waals surface area contributed by atoms with Gasteiger partial charge in [-0.15, -0.1) is 0 Å². The van der Waals surface area contributed by atoms with E-state index in [4.69, 9.17) is 4.74 Å². The number of para-hydroxylation sites is 1. The Bertz CT molecular complexity index is 1430. The van der Waals surface area contributed by atoms with Crippen LogP contribution in [-0.4, -0.2) is 36.3 Å². The molecule has 7 heteroatoms. The summed E-state index contributed by atoms with van der Waals surface area (Å²) in [4.78, 5) is 55.1. The fraction of sp³-hybridized carbons (Fsp3) is 0.241. The monoisotopic (exact) mass is 482 g/mol. The number of anilines is 2. The van der Waals surface area contributed by atoms with Crippen LogP contribution in [0.4, 0.5) is 11.4 Å². The Morgan fingerprint density at radius 3 is 2.44 bits per heavy atom. The van der Waals surface area contributed by atoms with Crippen molar-refractivity contribution in [3.8, 4) is 0 Å². The molecule has 0 radical (unpaired) electrons. The molecule has 5 rings (SSSR count). The fourth-order valence-electron chi connectivity index (χ4n) is 4.81. The van der Waals surface area contributed by atoms with Crippen LogP contribution in [0.2, 0.25) is 0 Å². The molecule has 0 aliphatic carbocycles. The summed E-state index contributed by atoms with van der Waals surface area (Å²) in [5.74, 6) is -1.96. The minimum atomic E-state index is -1.01. The summed E-state index contributed by atoms with van der Waals surface area (Å²) in [5.41, 5.74) is 4.64. The number of hydrogen-bond acceptors (Lipinski definition) is 5. The van der Waals surface area contributed by atoms with Crippen LogP contribution in [0.3, 0.4) is 0 Å². The molecule has 2 heterocycles. The van der Waals surface area contributed by atoms with Crippen molar-refractivity contribution in [2.45, 2.75) is 39.7 Å². The number of carbonyl (C=O) groups excluding carboxylic acids is 4. The first kappa shape index (κ1) is 23.5. The minimum absolute atomic E-state index is 0.108. The molecular weight excluding hydrogens is 456 g/mol. The molecule has 1 atom stereocenters. The number of ether oxygens (including phenoxy) is 1. The summed E-state index contributed by atoms with van der Waals surface area (Å²) in [5, 5.41) is 0. The average molecular weight is 483 g/mol. The van der Waals surface area contributed by atoms with Gasteiger partial charge in [0.2, 0.25) is 0 Å². The van der Waals surface area contributed by atoms with Crippen molar-refractivity contribution in [2.75, 3.05) is 16.3 Å². The molecule has 0 saturated carbocycles. The van der Waals surface area contributed by atoms with Crippen LogP contribution < -0.4 is 9.80 Å². The smallest absolute Gasteiger partial charge is 0.338 e. The van der Waals surface area contributed by atoms with E-state index in [9.17, 15) is 19.2 Å². The maximum Gasteiger partial charge on any atom is 0.338 e. The molecule has 7 nitrogen and oxygen atoms in total. The lowest BCUT2D eigenvalue weighted by Crippen LogP contribution is -2.42. The summed E-state index contributed by atoms with van der Waals surface area (Å²) in [6, 6.07) is 17.6. The number of imide groups is 1. The number of fused-ring (bicyclic) bond motifs is 2. The molecule has 3 aromatic carbocycles. The van der Waals surface area contributed by atoms with E-state index in [1.54, 1.807) is 17.9 Å². The normalized spacial score (nSPS) is 15.4. The molecule has 2 aliphatic rings. The highest BCUT2D eigenvalue weighted by molar-refractivity contribution is 6.35. The number of carbonyl (C=O) groups is 4. The van der Waals surface area contributed by atoms with Gasteiger partial charge in [-0.25, -0.2) is 9.69 Å². The number of benzene rings is 3. The lowest BCUT2D eigenvalue weighted by molar-refractivity contribution is -0.126. The topological polar surface area (TPSA) is 84.0 Å². The number of esters is 1. The molecule has 0 aromatic heterocycles. The first-order valence-electron chi connectivity index (χ1n) is 12.0. The molecule has 0 saturated heterocycles. The number of hydrogen-bond donors (Lipinski definition) is 0. The molecule has 3 aromatic rings. The lowest BCUT2D eigenvalue weighted by atomic mass is 10.0. The Hall–Kier alpha value is -4.26. The maximum atomic E-state index is 13.2. The van der Waals surface area contributed by atoms with Gasteiger partial charge in [-0.3, -0.25) is 14.4 Å². The van der Waals surface area contributed by atoms with Crippen LogP contribution in [-0.2, 0) is 16.0 Å². The lowest BCUT2D eigenvalue weighted by Gasteiger charge is -2.31. The van der Waals surface area contributed by atoms with Crippen molar-refractivity contribution in [1.29, 1.82) is 0 Å². The van der Waals surface area contributed by atoms with Gasteiger partial charge in [0.1, 0.15) is 0 Å². The third-order valence-electron chi connectivity index (χ3n) is 6.74.